The van der Waals surface area contributed by atoms with Gasteiger partial charge in [-0.05, 0) is 24.7 Å². The fourth-order valence-corrected chi connectivity index (χ4v) is 3.72. The second-order valence-electron chi connectivity index (χ2n) is 5.97. The molecule has 0 aromatic carbocycles. The summed E-state index contributed by atoms with van der Waals surface area (Å²) in [7, 11) is 0. The quantitative estimate of drug-likeness (QED) is 0.457. The second-order valence-corrected chi connectivity index (χ2v) is 5.97. The summed E-state index contributed by atoms with van der Waals surface area (Å²) in [5.74, 6) is -0.545. The number of nitrogens with one attached hydrogen (secondary N) is 1. The third-order valence-electron chi connectivity index (χ3n) is 4.72. The van der Waals surface area contributed by atoms with Crippen LogP contribution in [0.2, 0.25) is 0 Å². The Morgan fingerprint density at radius 1 is 1.25 bits per heavy atom. The zero-order chi connectivity index (χ0) is 14.3. The van der Waals surface area contributed by atoms with Gasteiger partial charge in [0.15, 0.2) is 0 Å². The summed E-state index contributed by atoms with van der Waals surface area (Å²) in [6, 6.07) is 0. The minimum atomic E-state index is -0.236. The van der Waals surface area contributed by atoms with Gasteiger partial charge in [0.2, 0.25) is 17.7 Å². The molecule has 108 valence electrons. The van der Waals surface area contributed by atoms with Crippen molar-refractivity contribution < 1.29 is 14.4 Å². The first-order valence-electron chi connectivity index (χ1n) is 7.43. The highest BCUT2D eigenvalue weighted by Crippen LogP contribution is 2.52. The maximum Gasteiger partial charge on any atom is 0.240 e. The molecule has 5 heteroatoms. The number of fused-ring (bicyclic) bond motifs is 5. The van der Waals surface area contributed by atoms with Gasteiger partial charge in [-0.15, -0.1) is 0 Å². The number of hydrogen-bond acceptors (Lipinski definition) is 3. The minimum Gasteiger partial charge on any atom is -0.355 e. The van der Waals surface area contributed by atoms with Crippen LogP contribution in [0.4, 0.5) is 0 Å². The van der Waals surface area contributed by atoms with Gasteiger partial charge in [0.25, 0.3) is 0 Å². The van der Waals surface area contributed by atoms with E-state index in [-0.39, 0.29) is 47.9 Å². The number of likely N-dealkylation sites (tertiary alicyclic amines) is 1. The Bertz CT molecular complexity index is 456. The Morgan fingerprint density at radius 2 is 1.85 bits per heavy atom. The third-order valence-corrected chi connectivity index (χ3v) is 4.72. The van der Waals surface area contributed by atoms with Crippen LogP contribution in [-0.2, 0) is 14.4 Å². The van der Waals surface area contributed by atoms with E-state index in [1.807, 2.05) is 6.92 Å². The fraction of sp³-hybridized carbons (Fsp3) is 0.667. The highest BCUT2D eigenvalue weighted by Gasteiger charge is 2.59. The lowest BCUT2D eigenvalue weighted by Gasteiger charge is -2.16. The molecule has 1 heterocycles. The van der Waals surface area contributed by atoms with Crippen LogP contribution in [0.3, 0.4) is 0 Å². The average molecular weight is 276 g/mol. The Balaban J connectivity index is 1.63. The van der Waals surface area contributed by atoms with Crippen LogP contribution < -0.4 is 5.32 Å². The highest BCUT2D eigenvalue weighted by molar-refractivity contribution is 6.08. The molecule has 0 spiro atoms. The molecule has 0 unspecified atom stereocenters. The number of amides is 3. The molecular weight excluding hydrogens is 256 g/mol. The van der Waals surface area contributed by atoms with E-state index < -0.39 is 0 Å². The Kier molecular flexibility index (Phi) is 3.36. The van der Waals surface area contributed by atoms with E-state index in [1.165, 1.54) is 4.90 Å². The average Bonchev–Trinajstić information content (AvgIpc) is 3.09. The van der Waals surface area contributed by atoms with E-state index in [0.717, 1.165) is 19.3 Å². The highest BCUT2D eigenvalue weighted by atomic mass is 16.2. The number of hydrogen-bond donors (Lipinski definition) is 1. The summed E-state index contributed by atoms with van der Waals surface area (Å²) in [4.78, 5) is 37.6. The zero-order valence-corrected chi connectivity index (χ0v) is 11.7. The predicted molar refractivity (Wildman–Crippen MR) is 72.4 cm³/mol. The van der Waals surface area contributed by atoms with Crippen molar-refractivity contribution >= 4 is 17.7 Å². The van der Waals surface area contributed by atoms with Gasteiger partial charge in [0, 0.05) is 6.54 Å². The monoisotopic (exact) mass is 276 g/mol. The van der Waals surface area contributed by atoms with Crippen molar-refractivity contribution in [3.05, 3.63) is 12.2 Å². The van der Waals surface area contributed by atoms with Crippen LogP contribution in [0, 0.1) is 23.7 Å². The van der Waals surface area contributed by atoms with Crippen LogP contribution in [0.15, 0.2) is 12.2 Å². The maximum atomic E-state index is 12.3. The molecule has 2 fully saturated rings. The van der Waals surface area contributed by atoms with Crippen molar-refractivity contribution in [2.24, 2.45) is 23.7 Å². The zero-order valence-electron chi connectivity index (χ0n) is 11.7. The lowest BCUT2D eigenvalue weighted by molar-refractivity contribution is -0.144. The van der Waals surface area contributed by atoms with Crippen molar-refractivity contribution in [1.29, 1.82) is 0 Å². The van der Waals surface area contributed by atoms with Crippen LogP contribution in [0.25, 0.3) is 0 Å². The molecule has 2 aliphatic carbocycles. The molecule has 20 heavy (non-hydrogen) atoms. The molecule has 0 aromatic heterocycles. The van der Waals surface area contributed by atoms with Crippen molar-refractivity contribution in [2.75, 3.05) is 13.1 Å². The van der Waals surface area contributed by atoms with Gasteiger partial charge in [0.05, 0.1) is 11.8 Å². The molecule has 1 saturated carbocycles. The Morgan fingerprint density at radius 3 is 2.40 bits per heavy atom. The van der Waals surface area contributed by atoms with Crippen LogP contribution >= 0.6 is 0 Å². The number of allylic oxidation sites excluding steroid dienone is 2. The molecule has 3 aliphatic rings. The molecule has 3 rings (SSSR count). The number of carbonyl (C=O) groups is 3. The number of imide groups is 1. The second kappa shape index (κ2) is 5.04. The van der Waals surface area contributed by atoms with Gasteiger partial charge in [-0.25, -0.2) is 0 Å². The molecule has 0 aromatic rings. The molecule has 4 atom stereocenters. The van der Waals surface area contributed by atoms with Crippen LogP contribution in [0.5, 0.6) is 0 Å². The molecule has 0 radical (unpaired) electrons. The van der Waals surface area contributed by atoms with E-state index >= 15 is 0 Å². The minimum absolute atomic E-state index is 0.117. The normalized spacial score (nSPS) is 34.0. The van der Waals surface area contributed by atoms with E-state index in [1.54, 1.807) is 0 Å². The molecule has 5 nitrogen and oxygen atoms in total. The lowest BCUT2D eigenvalue weighted by atomic mass is 9.85. The van der Waals surface area contributed by atoms with Crippen LogP contribution in [0.1, 0.15) is 26.2 Å². The first-order chi connectivity index (χ1) is 9.63. The lowest BCUT2D eigenvalue weighted by Crippen LogP contribution is -2.42. The summed E-state index contributed by atoms with van der Waals surface area (Å²) >= 11 is 0. The van der Waals surface area contributed by atoms with Gasteiger partial charge < -0.3 is 5.32 Å². The number of carbonyl (C=O) groups excluding carboxylic acids is 3. The van der Waals surface area contributed by atoms with Gasteiger partial charge in [-0.3, -0.25) is 19.3 Å². The predicted octanol–water partition coefficient (Wildman–Crippen LogP) is 0.710. The number of unbranched alkanes of at least 4 members (excludes halogenated alkanes) is 1. The Labute approximate surface area is 118 Å². The first kappa shape index (κ1) is 13.3. The maximum absolute atomic E-state index is 12.3. The molecule has 2 bridgehead atoms. The number of rotatable bonds is 5. The van der Waals surface area contributed by atoms with E-state index in [0.29, 0.717) is 6.54 Å². The summed E-state index contributed by atoms with van der Waals surface area (Å²) in [6.45, 7) is 2.53. The van der Waals surface area contributed by atoms with E-state index in [2.05, 4.69) is 17.5 Å². The molecule has 1 N–H and O–H groups in total. The van der Waals surface area contributed by atoms with Gasteiger partial charge in [0.1, 0.15) is 6.54 Å². The number of nitrogens with zero attached hydrogens (tertiary/aromatic N) is 1. The summed E-state index contributed by atoms with van der Waals surface area (Å²) < 4.78 is 0. The summed E-state index contributed by atoms with van der Waals surface area (Å²) in [5, 5.41) is 2.75. The van der Waals surface area contributed by atoms with Gasteiger partial charge in [-0.2, -0.15) is 0 Å². The van der Waals surface area contributed by atoms with Gasteiger partial charge >= 0.3 is 0 Å². The first-order valence-corrected chi connectivity index (χ1v) is 7.43. The topological polar surface area (TPSA) is 66.5 Å². The van der Waals surface area contributed by atoms with Gasteiger partial charge in [-0.1, -0.05) is 25.5 Å². The smallest absolute Gasteiger partial charge is 0.240 e. The molecule has 3 amide bonds. The Hall–Kier alpha value is -1.65. The summed E-state index contributed by atoms with van der Waals surface area (Å²) in [6.07, 6.45) is 6.95. The van der Waals surface area contributed by atoms with E-state index in [9.17, 15) is 14.4 Å². The van der Waals surface area contributed by atoms with Crippen LogP contribution in [-0.4, -0.2) is 35.7 Å². The van der Waals surface area contributed by atoms with Crippen molar-refractivity contribution in [2.45, 2.75) is 26.2 Å². The standard InChI is InChI=1S/C15H20N2O3/c1-2-3-6-16-11(18)8-17-14(19)12-9-4-5-10(7-9)13(12)15(17)20/h4-5,9-10,12-13H,2-3,6-8H2,1H3,(H,16,18)/t9-,10-,12-,13-/m0/s1. The fourth-order valence-electron chi connectivity index (χ4n) is 3.72. The van der Waals surface area contributed by atoms with Crippen molar-refractivity contribution in [3.63, 3.8) is 0 Å². The molecular formula is C15H20N2O3. The van der Waals surface area contributed by atoms with E-state index in [4.69, 9.17) is 0 Å². The summed E-state index contributed by atoms with van der Waals surface area (Å²) in [5.41, 5.74) is 0. The SMILES string of the molecule is CCCCNC(=O)CN1C(=O)[C@@H]2[C@@H](C1=O)[C@H]1C=C[C@H]2C1. The largest absolute Gasteiger partial charge is 0.355 e. The molecule has 1 aliphatic heterocycles. The van der Waals surface area contributed by atoms with Crippen molar-refractivity contribution in [1.82, 2.24) is 10.2 Å². The molecule has 1 saturated heterocycles. The van der Waals surface area contributed by atoms with Crippen molar-refractivity contribution in [3.8, 4) is 0 Å². The third kappa shape index (κ3) is 1.96.